The summed E-state index contributed by atoms with van der Waals surface area (Å²) in [6.45, 7) is 0. The Morgan fingerprint density at radius 1 is 1.30 bits per heavy atom. The van der Waals surface area contributed by atoms with Crippen molar-refractivity contribution in [2.75, 3.05) is 0 Å². The van der Waals surface area contributed by atoms with Crippen molar-refractivity contribution in [3.8, 4) is 11.3 Å². The lowest BCUT2D eigenvalue weighted by molar-refractivity contribution is 0.758. The van der Waals surface area contributed by atoms with E-state index in [-0.39, 0.29) is 5.56 Å². The Bertz CT molecular complexity index is 865. The van der Waals surface area contributed by atoms with Crippen LogP contribution in [0.15, 0.2) is 23.1 Å². The Morgan fingerprint density at radius 3 is 2.75 bits per heavy atom. The first-order chi connectivity index (χ1) is 9.63. The van der Waals surface area contributed by atoms with Crippen molar-refractivity contribution in [2.24, 2.45) is 14.1 Å². The molecule has 3 aromatic rings. The SMILES string of the molecule is Cn1ccc(-c2cc(=O)[nH]c3c2c(C2CC2)nn3C)n1. The molecule has 0 amide bonds. The molecule has 0 saturated heterocycles. The molecule has 20 heavy (non-hydrogen) atoms. The van der Waals surface area contributed by atoms with Crippen LogP contribution in [0.2, 0.25) is 0 Å². The predicted molar refractivity (Wildman–Crippen MR) is 75.5 cm³/mol. The topological polar surface area (TPSA) is 68.5 Å². The number of aromatic nitrogens is 5. The molecule has 102 valence electrons. The van der Waals surface area contributed by atoms with Gasteiger partial charge in [0.1, 0.15) is 5.65 Å². The Hall–Kier alpha value is -2.37. The standard InChI is InChI=1S/C14H15N5O/c1-18-6-5-10(16-18)9-7-11(20)15-14-12(9)13(8-3-4-8)17-19(14)2/h5-8H,3-4H2,1-2H3,(H,15,20). The minimum absolute atomic E-state index is 0.122. The number of hydrogen-bond donors (Lipinski definition) is 1. The molecule has 1 aliphatic carbocycles. The molecule has 3 heterocycles. The zero-order valence-electron chi connectivity index (χ0n) is 11.4. The molecule has 1 N–H and O–H groups in total. The number of fused-ring (bicyclic) bond motifs is 1. The highest BCUT2D eigenvalue weighted by atomic mass is 16.1. The second-order valence-corrected chi connectivity index (χ2v) is 5.43. The average Bonchev–Trinajstić information content (AvgIpc) is 3.09. The monoisotopic (exact) mass is 269 g/mol. The number of aromatic amines is 1. The fraction of sp³-hybridized carbons (Fsp3) is 0.357. The fourth-order valence-electron chi connectivity index (χ4n) is 2.71. The third-order valence-corrected chi connectivity index (χ3v) is 3.81. The highest BCUT2D eigenvalue weighted by Gasteiger charge is 2.30. The number of H-pyrrole nitrogens is 1. The van der Waals surface area contributed by atoms with Crippen molar-refractivity contribution in [3.63, 3.8) is 0 Å². The van der Waals surface area contributed by atoms with Gasteiger partial charge in [0.05, 0.1) is 16.8 Å². The normalized spacial score (nSPS) is 15.1. The van der Waals surface area contributed by atoms with E-state index in [1.165, 1.54) is 12.8 Å². The van der Waals surface area contributed by atoms with Gasteiger partial charge in [-0.3, -0.25) is 14.2 Å². The molecule has 6 heteroatoms. The highest BCUT2D eigenvalue weighted by molar-refractivity contribution is 5.94. The molecule has 0 aromatic carbocycles. The first kappa shape index (κ1) is 11.5. The number of nitrogens with one attached hydrogen (secondary N) is 1. The quantitative estimate of drug-likeness (QED) is 0.767. The first-order valence-corrected chi connectivity index (χ1v) is 6.73. The number of nitrogens with zero attached hydrogens (tertiary/aromatic N) is 4. The summed E-state index contributed by atoms with van der Waals surface area (Å²) >= 11 is 0. The Kier molecular flexibility index (Phi) is 2.19. The van der Waals surface area contributed by atoms with Crippen molar-refractivity contribution in [2.45, 2.75) is 18.8 Å². The van der Waals surface area contributed by atoms with E-state index in [4.69, 9.17) is 0 Å². The average molecular weight is 269 g/mol. The van der Waals surface area contributed by atoms with Gasteiger partial charge in [-0.25, -0.2) is 0 Å². The van der Waals surface area contributed by atoms with E-state index < -0.39 is 0 Å². The lowest BCUT2D eigenvalue weighted by Crippen LogP contribution is -2.07. The second kappa shape index (κ2) is 3.82. The molecule has 0 aliphatic heterocycles. The molecule has 0 unspecified atom stereocenters. The smallest absolute Gasteiger partial charge is 0.250 e. The summed E-state index contributed by atoms with van der Waals surface area (Å²) < 4.78 is 3.51. The van der Waals surface area contributed by atoms with Gasteiger partial charge in [0.25, 0.3) is 0 Å². The summed E-state index contributed by atoms with van der Waals surface area (Å²) in [6, 6.07) is 3.55. The minimum atomic E-state index is -0.122. The third kappa shape index (κ3) is 1.61. The maximum atomic E-state index is 11.9. The molecule has 0 atom stereocenters. The maximum Gasteiger partial charge on any atom is 0.250 e. The molecule has 0 spiro atoms. The van der Waals surface area contributed by atoms with Gasteiger partial charge in [-0.2, -0.15) is 10.2 Å². The molecule has 1 saturated carbocycles. The molecular weight excluding hydrogens is 254 g/mol. The van der Waals surface area contributed by atoms with Gasteiger partial charge in [0, 0.05) is 37.8 Å². The van der Waals surface area contributed by atoms with Crippen LogP contribution in [-0.2, 0) is 14.1 Å². The largest absolute Gasteiger partial charge is 0.307 e. The van der Waals surface area contributed by atoms with E-state index in [2.05, 4.69) is 15.2 Å². The van der Waals surface area contributed by atoms with Gasteiger partial charge in [-0.05, 0) is 18.9 Å². The van der Waals surface area contributed by atoms with Crippen LogP contribution in [0.3, 0.4) is 0 Å². The van der Waals surface area contributed by atoms with Gasteiger partial charge < -0.3 is 4.98 Å². The van der Waals surface area contributed by atoms with Crippen molar-refractivity contribution in [1.82, 2.24) is 24.5 Å². The van der Waals surface area contributed by atoms with Gasteiger partial charge in [-0.15, -0.1) is 0 Å². The zero-order chi connectivity index (χ0) is 13.9. The Balaban J connectivity index is 2.10. The van der Waals surface area contributed by atoms with E-state index in [1.54, 1.807) is 15.4 Å². The van der Waals surface area contributed by atoms with Crippen molar-refractivity contribution < 1.29 is 0 Å². The van der Waals surface area contributed by atoms with Gasteiger partial charge in [0.2, 0.25) is 5.56 Å². The molecule has 0 bridgehead atoms. The lowest BCUT2D eigenvalue weighted by Gasteiger charge is -2.01. The number of hydrogen-bond acceptors (Lipinski definition) is 3. The molecule has 4 rings (SSSR count). The molecular formula is C14H15N5O. The summed E-state index contributed by atoms with van der Waals surface area (Å²) in [5.74, 6) is 0.520. The summed E-state index contributed by atoms with van der Waals surface area (Å²) in [7, 11) is 3.74. The van der Waals surface area contributed by atoms with Gasteiger partial charge in [-0.1, -0.05) is 0 Å². The van der Waals surface area contributed by atoms with Crippen LogP contribution >= 0.6 is 0 Å². The summed E-state index contributed by atoms with van der Waals surface area (Å²) in [4.78, 5) is 14.8. The molecule has 6 nitrogen and oxygen atoms in total. The Labute approximate surface area is 115 Å². The second-order valence-electron chi connectivity index (χ2n) is 5.43. The van der Waals surface area contributed by atoms with Crippen molar-refractivity contribution in [1.29, 1.82) is 0 Å². The van der Waals surface area contributed by atoms with E-state index in [1.807, 2.05) is 26.4 Å². The van der Waals surface area contributed by atoms with E-state index >= 15 is 0 Å². The number of rotatable bonds is 2. The number of pyridine rings is 1. The van der Waals surface area contributed by atoms with Crippen molar-refractivity contribution in [3.05, 3.63) is 34.4 Å². The summed E-state index contributed by atoms with van der Waals surface area (Å²) in [5.41, 5.74) is 3.43. The lowest BCUT2D eigenvalue weighted by atomic mass is 10.1. The summed E-state index contributed by atoms with van der Waals surface area (Å²) in [6.07, 6.45) is 4.23. The zero-order valence-corrected chi connectivity index (χ0v) is 11.4. The van der Waals surface area contributed by atoms with E-state index in [0.717, 1.165) is 28.0 Å². The maximum absolute atomic E-state index is 11.9. The summed E-state index contributed by atoms with van der Waals surface area (Å²) in [5, 5.41) is 10.1. The van der Waals surface area contributed by atoms with E-state index in [0.29, 0.717) is 5.92 Å². The van der Waals surface area contributed by atoms with Gasteiger partial charge >= 0.3 is 0 Å². The molecule has 0 radical (unpaired) electrons. The first-order valence-electron chi connectivity index (χ1n) is 6.73. The minimum Gasteiger partial charge on any atom is -0.307 e. The van der Waals surface area contributed by atoms with Crippen molar-refractivity contribution >= 4 is 11.0 Å². The van der Waals surface area contributed by atoms with Crippen LogP contribution in [-0.4, -0.2) is 24.5 Å². The van der Waals surface area contributed by atoms with Gasteiger partial charge in [0.15, 0.2) is 0 Å². The van der Waals surface area contributed by atoms with Crippen LogP contribution in [0.5, 0.6) is 0 Å². The molecule has 3 aromatic heterocycles. The van der Waals surface area contributed by atoms with Crippen LogP contribution in [0.4, 0.5) is 0 Å². The van der Waals surface area contributed by atoms with Crippen LogP contribution in [0.1, 0.15) is 24.5 Å². The Morgan fingerprint density at radius 2 is 2.10 bits per heavy atom. The molecule has 1 fully saturated rings. The molecule has 1 aliphatic rings. The van der Waals surface area contributed by atoms with Crippen LogP contribution in [0.25, 0.3) is 22.3 Å². The third-order valence-electron chi connectivity index (χ3n) is 3.81. The fourth-order valence-corrected chi connectivity index (χ4v) is 2.71. The highest BCUT2D eigenvalue weighted by Crippen LogP contribution is 2.43. The predicted octanol–water partition coefficient (Wildman–Crippen LogP) is 1.54. The van der Waals surface area contributed by atoms with Crippen LogP contribution in [0, 0.1) is 0 Å². The van der Waals surface area contributed by atoms with E-state index in [9.17, 15) is 4.79 Å². The number of aryl methyl sites for hydroxylation is 2. The van der Waals surface area contributed by atoms with Crippen LogP contribution < -0.4 is 5.56 Å².